The molecule has 132 valence electrons. The van der Waals surface area contributed by atoms with Crippen LogP contribution >= 0.6 is 28.3 Å². The number of rotatable bonds is 3. The first-order valence-electron chi connectivity index (χ1n) is 8.12. The molecule has 3 heterocycles. The second-order valence-electron chi connectivity index (χ2n) is 6.17. The SMILES string of the molecule is CCCn1c2nc(-c3ccc(Br)cc3)nc-2c2n(c1=O)CC(C)N2.Cl. The molecule has 0 saturated heterocycles. The van der Waals surface area contributed by atoms with Gasteiger partial charge in [-0.15, -0.1) is 12.4 Å². The minimum absolute atomic E-state index is 0. The summed E-state index contributed by atoms with van der Waals surface area (Å²) in [5.41, 5.74) is 1.69. The summed E-state index contributed by atoms with van der Waals surface area (Å²) >= 11 is 3.44. The van der Waals surface area contributed by atoms with E-state index in [0.29, 0.717) is 24.7 Å². The lowest BCUT2D eigenvalue weighted by atomic mass is 10.2. The molecule has 0 aromatic heterocycles. The number of benzene rings is 1. The Labute approximate surface area is 160 Å². The van der Waals surface area contributed by atoms with Crippen molar-refractivity contribution in [3.05, 3.63) is 39.2 Å². The number of aromatic nitrogens is 4. The van der Waals surface area contributed by atoms with Crippen LogP contribution in [-0.2, 0) is 13.1 Å². The fourth-order valence-corrected chi connectivity index (χ4v) is 3.43. The molecule has 3 aliphatic rings. The van der Waals surface area contributed by atoms with Gasteiger partial charge in [-0.25, -0.2) is 14.8 Å². The zero-order chi connectivity index (χ0) is 16.8. The van der Waals surface area contributed by atoms with Crippen molar-refractivity contribution in [2.24, 2.45) is 0 Å². The molecular weight excluding hydrogens is 406 g/mol. The molecule has 6 nitrogen and oxygen atoms in total. The minimum Gasteiger partial charge on any atom is -0.365 e. The molecule has 1 atom stereocenters. The van der Waals surface area contributed by atoms with Crippen molar-refractivity contribution in [1.82, 2.24) is 19.1 Å². The molecule has 1 unspecified atom stereocenters. The van der Waals surface area contributed by atoms with Crippen LogP contribution < -0.4 is 11.0 Å². The summed E-state index contributed by atoms with van der Waals surface area (Å²) in [6, 6.07) is 8.10. The van der Waals surface area contributed by atoms with Gasteiger partial charge in [-0.3, -0.25) is 9.13 Å². The topological polar surface area (TPSA) is 64.7 Å². The predicted molar refractivity (Wildman–Crippen MR) is 105 cm³/mol. The Kier molecular flexibility index (Phi) is 4.88. The van der Waals surface area contributed by atoms with Gasteiger partial charge < -0.3 is 5.32 Å². The first-order chi connectivity index (χ1) is 11.6. The van der Waals surface area contributed by atoms with Crippen LogP contribution in [0.1, 0.15) is 20.3 Å². The van der Waals surface area contributed by atoms with E-state index in [1.807, 2.05) is 24.3 Å². The molecule has 0 spiro atoms. The van der Waals surface area contributed by atoms with Gasteiger partial charge in [0.1, 0.15) is 11.5 Å². The van der Waals surface area contributed by atoms with Crippen molar-refractivity contribution in [3.8, 4) is 22.9 Å². The number of anilines is 1. The molecular formula is C17H19BrClN5O. The summed E-state index contributed by atoms with van der Waals surface area (Å²) in [4.78, 5) is 22.2. The Hall–Kier alpha value is -1.86. The van der Waals surface area contributed by atoms with Crippen molar-refractivity contribution in [2.45, 2.75) is 39.4 Å². The van der Waals surface area contributed by atoms with E-state index in [1.54, 1.807) is 9.13 Å². The molecule has 25 heavy (non-hydrogen) atoms. The highest BCUT2D eigenvalue weighted by molar-refractivity contribution is 9.10. The van der Waals surface area contributed by atoms with E-state index >= 15 is 0 Å². The molecule has 1 aromatic rings. The summed E-state index contributed by atoms with van der Waals surface area (Å²) in [6.07, 6.45) is 0.873. The molecule has 4 rings (SSSR count). The highest BCUT2D eigenvalue weighted by Crippen LogP contribution is 2.33. The average Bonchev–Trinajstić information content (AvgIpc) is 3.16. The molecule has 1 aromatic carbocycles. The molecule has 0 saturated carbocycles. The van der Waals surface area contributed by atoms with E-state index in [1.165, 1.54) is 0 Å². The number of hydrogen-bond acceptors (Lipinski definition) is 4. The van der Waals surface area contributed by atoms with Gasteiger partial charge in [0.25, 0.3) is 0 Å². The quantitative estimate of drug-likeness (QED) is 0.697. The first-order valence-corrected chi connectivity index (χ1v) is 8.91. The fourth-order valence-electron chi connectivity index (χ4n) is 3.16. The normalized spacial score (nSPS) is 15.7. The van der Waals surface area contributed by atoms with E-state index < -0.39 is 0 Å². The average molecular weight is 425 g/mol. The number of halogens is 2. The maximum atomic E-state index is 12.8. The van der Waals surface area contributed by atoms with Crippen molar-refractivity contribution < 1.29 is 0 Å². The van der Waals surface area contributed by atoms with Crippen LogP contribution in [0.2, 0.25) is 0 Å². The summed E-state index contributed by atoms with van der Waals surface area (Å²) in [7, 11) is 0. The van der Waals surface area contributed by atoms with Crippen LogP contribution in [0.4, 0.5) is 5.82 Å². The second kappa shape index (κ2) is 6.80. The lowest BCUT2D eigenvalue weighted by molar-refractivity contribution is 0.572. The third-order valence-corrected chi connectivity index (χ3v) is 4.77. The first kappa shape index (κ1) is 17.9. The molecule has 0 fully saturated rings. The minimum atomic E-state index is -0.0153. The highest BCUT2D eigenvalue weighted by Gasteiger charge is 2.30. The number of nitrogens with one attached hydrogen (secondary N) is 1. The second-order valence-corrected chi connectivity index (χ2v) is 7.08. The standard InChI is InChI=1S/C17H18BrN5O.ClH/c1-3-8-22-16-13(15-19-10(2)9-23(15)17(22)24)20-14(21-16)11-4-6-12(18)7-5-11;/h4-7,10,19H,3,8-9H2,1-2H3;1H. The van der Waals surface area contributed by atoms with Gasteiger partial charge in [-0.05, 0) is 25.5 Å². The maximum Gasteiger partial charge on any atom is 0.331 e. The lowest BCUT2D eigenvalue weighted by Crippen LogP contribution is -2.32. The smallest absolute Gasteiger partial charge is 0.331 e. The molecule has 1 N–H and O–H groups in total. The van der Waals surface area contributed by atoms with E-state index in [-0.39, 0.29) is 24.1 Å². The van der Waals surface area contributed by atoms with Crippen LogP contribution in [0, 0.1) is 0 Å². The molecule has 0 radical (unpaired) electrons. The van der Waals surface area contributed by atoms with Crippen LogP contribution in [-0.4, -0.2) is 25.1 Å². The summed E-state index contributed by atoms with van der Waals surface area (Å²) in [5, 5.41) is 3.36. The Morgan fingerprint density at radius 1 is 1.28 bits per heavy atom. The van der Waals surface area contributed by atoms with E-state index in [4.69, 9.17) is 4.98 Å². The summed E-state index contributed by atoms with van der Waals surface area (Å²) in [6.45, 7) is 5.42. The lowest BCUT2D eigenvalue weighted by Gasteiger charge is -2.13. The molecule has 0 aliphatic carbocycles. The van der Waals surface area contributed by atoms with Gasteiger partial charge >= 0.3 is 5.69 Å². The zero-order valence-electron chi connectivity index (χ0n) is 14.0. The number of nitrogens with zero attached hydrogens (tertiary/aromatic N) is 4. The van der Waals surface area contributed by atoms with Crippen molar-refractivity contribution in [3.63, 3.8) is 0 Å². The summed E-state index contributed by atoms with van der Waals surface area (Å²) in [5.74, 6) is 2.09. The Morgan fingerprint density at radius 3 is 2.68 bits per heavy atom. The number of hydrogen-bond donors (Lipinski definition) is 1. The van der Waals surface area contributed by atoms with Gasteiger partial charge in [-0.2, -0.15) is 0 Å². The monoisotopic (exact) mass is 423 g/mol. The van der Waals surface area contributed by atoms with Gasteiger partial charge in [0.2, 0.25) is 0 Å². The maximum absolute atomic E-state index is 12.8. The van der Waals surface area contributed by atoms with Crippen LogP contribution in [0.3, 0.4) is 0 Å². The predicted octanol–water partition coefficient (Wildman–Crippen LogP) is 3.62. The van der Waals surface area contributed by atoms with Gasteiger partial charge in [-0.1, -0.05) is 35.0 Å². The van der Waals surface area contributed by atoms with E-state index in [9.17, 15) is 4.79 Å². The fraction of sp³-hybridized carbons (Fsp3) is 0.353. The number of fused-ring (bicyclic) bond motifs is 3. The van der Waals surface area contributed by atoms with E-state index in [2.05, 4.69) is 40.1 Å². The third kappa shape index (κ3) is 2.95. The molecule has 8 heteroatoms. The van der Waals surface area contributed by atoms with Gasteiger partial charge in [0.05, 0.1) is 0 Å². The molecule has 0 amide bonds. The zero-order valence-corrected chi connectivity index (χ0v) is 16.4. The van der Waals surface area contributed by atoms with Gasteiger partial charge in [0.15, 0.2) is 11.6 Å². The van der Waals surface area contributed by atoms with Crippen molar-refractivity contribution in [1.29, 1.82) is 0 Å². The number of imidazole rings is 1. The van der Waals surface area contributed by atoms with Crippen LogP contribution in [0.15, 0.2) is 33.5 Å². The van der Waals surface area contributed by atoms with Gasteiger partial charge in [0, 0.05) is 29.2 Å². The summed E-state index contributed by atoms with van der Waals surface area (Å²) < 4.78 is 4.54. The Morgan fingerprint density at radius 2 is 2.00 bits per heavy atom. The highest BCUT2D eigenvalue weighted by atomic mass is 79.9. The van der Waals surface area contributed by atoms with Crippen molar-refractivity contribution >= 4 is 34.2 Å². The van der Waals surface area contributed by atoms with E-state index in [0.717, 1.165) is 28.0 Å². The van der Waals surface area contributed by atoms with Crippen molar-refractivity contribution in [2.75, 3.05) is 5.32 Å². The Bertz CT molecular complexity index is 934. The molecule has 0 bridgehead atoms. The largest absolute Gasteiger partial charge is 0.365 e. The van der Waals surface area contributed by atoms with Crippen LogP contribution in [0.25, 0.3) is 22.9 Å². The Balaban J connectivity index is 0.00000182. The van der Waals surface area contributed by atoms with Crippen LogP contribution in [0.5, 0.6) is 0 Å². The third-order valence-electron chi connectivity index (χ3n) is 4.24. The molecule has 3 aliphatic heterocycles.